The molecule has 0 saturated carbocycles. The summed E-state index contributed by atoms with van der Waals surface area (Å²) in [7, 11) is 0. The minimum atomic E-state index is -4.47. The van der Waals surface area contributed by atoms with E-state index in [0.29, 0.717) is 11.1 Å². The Hall–Kier alpha value is -1.71. The van der Waals surface area contributed by atoms with Crippen molar-refractivity contribution in [2.45, 2.75) is 46.3 Å². The van der Waals surface area contributed by atoms with E-state index in [1.54, 1.807) is 40.6 Å². The van der Waals surface area contributed by atoms with Gasteiger partial charge in [0.05, 0.1) is 6.04 Å². The fourth-order valence-electron chi connectivity index (χ4n) is 2.86. The molecule has 1 unspecified atom stereocenters. The zero-order valence-electron chi connectivity index (χ0n) is 18.4. The Morgan fingerprint density at radius 1 is 1.19 bits per heavy atom. The second-order valence-electron chi connectivity index (χ2n) is 6.82. The third-order valence-electron chi connectivity index (χ3n) is 4.34. The Bertz CT molecular complexity index is 769. The van der Waals surface area contributed by atoms with Gasteiger partial charge in [0.1, 0.15) is 5.82 Å². The van der Waals surface area contributed by atoms with Crippen molar-refractivity contribution in [3.8, 4) is 0 Å². The highest BCUT2D eigenvalue weighted by atomic mass is 127. The first kappa shape index (κ1) is 29.3. The predicted molar refractivity (Wildman–Crippen MR) is 133 cm³/mol. The van der Waals surface area contributed by atoms with Crippen LogP contribution in [0.1, 0.15) is 34.1 Å². The lowest BCUT2D eigenvalue weighted by molar-refractivity contribution is -0.0878. The molecule has 1 saturated heterocycles. The minimum Gasteiger partial charge on any atom is -0.387 e. The molecular formula is C23H30BF4IN2. The summed E-state index contributed by atoms with van der Waals surface area (Å²) in [6.07, 6.45) is -0.844. The number of anilines is 1. The van der Waals surface area contributed by atoms with Crippen LogP contribution in [0.4, 0.5) is 23.2 Å². The van der Waals surface area contributed by atoms with Crippen LogP contribution in [0.25, 0.3) is 0 Å². The first-order valence-electron chi connectivity index (χ1n) is 9.94. The van der Waals surface area contributed by atoms with Crippen LogP contribution in [0.3, 0.4) is 0 Å². The van der Waals surface area contributed by atoms with E-state index in [2.05, 4.69) is 29.5 Å². The average Bonchev–Trinajstić information content (AvgIpc) is 3.16. The van der Waals surface area contributed by atoms with Crippen molar-refractivity contribution in [1.82, 2.24) is 5.32 Å². The number of nitrogens with one attached hydrogen (secondary N) is 2. The molecule has 2 radical (unpaired) electrons. The van der Waals surface area contributed by atoms with Gasteiger partial charge in [0, 0.05) is 23.5 Å². The molecule has 1 heterocycles. The average molecular weight is 548 g/mol. The van der Waals surface area contributed by atoms with E-state index < -0.39 is 11.7 Å². The van der Waals surface area contributed by atoms with Crippen LogP contribution in [-0.4, -0.2) is 24.5 Å². The molecule has 0 aliphatic carbocycles. The molecule has 1 aliphatic heterocycles. The van der Waals surface area contributed by atoms with Crippen LogP contribution in [-0.2, 0) is 0 Å². The molecule has 0 amide bonds. The lowest BCUT2D eigenvalue weighted by Crippen LogP contribution is -2.20. The molecule has 2 nitrogen and oxygen atoms in total. The van der Waals surface area contributed by atoms with Gasteiger partial charge in [-0.25, -0.2) is 4.39 Å². The van der Waals surface area contributed by atoms with Crippen molar-refractivity contribution < 1.29 is 17.6 Å². The number of hydrogen-bond donors (Lipinski definition) is 2. The van der Waals surface area contributed by atoms with Crippen molar-refractivity contribution >= 4 is 33.8 Å². The van der Waals surface area contributed by atoms with Gasteiger partial charge in [0.2, 0.25) is 0 Å². The highest BCUT2D eigenvalue weighted by Crippen LogP contribution is 2.30. The van der Waals surface area contributed by atoms with Gasteiger partial charge in [0.25, 0.3) is 0 Å². The molecule has 0 bridgehead atoms. The summed E-state index contributed by atoms with van der Waals surface area (Å²) in [4.78, 5) is 0. The van der Waals surface area contributed by atoms with Crippen molar-refractivity contribution in [3.63, 3.8) is 0 Å². The minimum absolute atomic E-state index is 0.0496. The first-order valence-corrected chi connectivity index (χ1v) is 11.2. The number of rotatable bonds is 6. The number of hydrogen-bond acceptors (Lipinski definition) is 2. The lowest BCUT2D eigenvalue weighted by Gasteiger charge is -2.18. The fraction of sp³-hybridized carbons (Fsp3) is 0.391. The summed E-state index contributed by atoms with van der Waals surface area (Å²) in [6.45, 7) is 15.4. The second-order valence-corrected chi connectivity index (χ2v) is 6.82. The largest absolute Gasteiger partial charge is 0.415 e. The molecule has 8 heteroatoms. The van der Waals surface area contributed by atoms with E-state index in [-0.39, 0.29) is 17.8 Å². The number of halogens is 5. The number of alkyl halides is 3. The first-order chi connectivity index (χ1) is 14.6. The molecule has 1 aromatic carbocycles. The van der Waals surface area contributed by atoms with Crippen LogP contribution in [0, 0.1) is 11.7 Å². The SMILES string of the molecule is C=C(/C=C1\NCCC1Nc1ccc(F)cc1)/C(=C/C(=C)C(F)(F)F)C(C)C.CC.[B]I. The summed E-state index contributed by atoms with van der Waals surface area (Å²) < 4.78 is 51.6. The molecule has 2 N–H and O–H groups in total. The van der Waals surface area contributed by atoms with Crippen LogP contribution < -0.4 is 10.6 Å². The second kappa shape index (κ2) is 14.4. The summed E-state index contributed by atoms with van der Waals surface area (Å²) in [5.41, 5.74) is 6.17. The maximum Gasteiger partial charge on any atom is 0.415 e. The zero-order chi connectivity index (χ0) is 24.2. The molecule has 1 aliphatic rings. The zero-order valence-corrected chi connectivity index (χ0v) is 20.6. The predicted octanol–water partition coefficient (Wildman–Crippen LogP) is 7.27. The molecular weight excluding hydrogens is 518 g/mol. The summed E-state index contributed by atoms with van der Waals surface area (Å²) >= 11 is 1.65. The third-order valence-corrected chi connectivity index (χ3v) is 4.34. The Balaban J connectivity index is 0.00000212. The quantitative estimate of drug-likeness (QED) is 0.169. The standard InChI is InChI=1S/C21H24F4N2.C2H6.BI/c1-13(2)18(12-15(4)21(23,24)25)14(3)11-20-19(9-10-26-20)27-17-7-5-16(22)6-8-17;2*1-2/h5-8,11-13,19,26-27H,3-4,9-10H2,1-2H3;1-2H3;/b18-12+,20-11-;;. The highest BCUT2D eigenvalue weighted by molar-refractivity contribution is 14.1. The van der Waals surface area contributed by atoms with Gasteiger partial charge in [-0.05, 0) is 59.9 Å². The Morgan fingerprint density at radius 2 is 1.74 bits per heavy atom. The maximum atomic E-state index is 13.0. The normalized spacial score (nSPS) is 17.2. The van der Waals surface area contributed by atoms with Crippen LogP contribution in [0.15, 0.2) is 72.0 Å². The van der Waals surface area contributed by atoms with E-state index >= 15 is 0 Å². The van der Waals surface area contributed by atoms with E-state index in [9.17, 15) is 17.6 Å². The lowest BCUT2D eigenvalue weighted by atomic mass is 9.93. The van der Waals surface area contributed by atoms with Gasteiger partial charge in [-0.1, -0.05) is 40.9 Å². The monoisotopic (exact) mass is 548 g/mol. The molecule has 0 spiro atoms. The van der Waals surface area contributed by atoms with Gasteiger partial charge in [-0.15, -0.1) is 0 Å². The summed E-state index contributed by atoms with van der Waals surface area (Å²) in [6, 6.07) is 5.98. The Labute approximate surface area is 198 Å². The van der Waals surface area contributed by atoms with Gasteiger partial charge in [0.15, 0.2) is 5.70 Å². The van der Waals surface area contributed by atoms with Crippen LogP contribution >= 0.6 is 22.4 Å². The molecule has 2 rings (SSSR count). The third kappa shape index (κ3) is 9.97. The Morgan fingerprint density at radius 3 is 2.23 bits per heavy atom. The molecule has 1 atom stereocenters. The molecule has 0 aromatic heterocycles. The Kier molecular flexibility index (Phi) is 13.6. The van der Waals surface area contributed by atoms with Gasteiger partial charge < -0.3 is 10.6 Å². The van der Waals surface area contributed by atoms with Crippen LogP contribution in [0.5, 0.6) is 0 Å². The summed E-state index contributed by atoms with van der Waals surface area (Å²) in [5, 5.41) is 6.54. The molecule has 1 fully saturated rings. The highest BCUT2D eigenvalue weighted by Gasteiger charge is 2.31. The molecule has 31 heavy (non-hydrogen) atoms. The van der Waals surface area contributed by atoms with Gasteiger partial charge >= 0.3 is 6.18 Å². The smallest absolute Gasteiger partial charge is 0.387 e. The van der Waals surface area contributed by atoms with Gasteiger partial charge in [-0.3, -0.25) is 0 Å². The van der Waals surface area contributed by atoms with Gasteiger partial charge in [-0.2, -0.15) is 35.5 Å². The van der Waals surface area contributed by atoms with E-state index in [4.69, 9.17) is 0 Å². The molecule has 1 aromatic rings. The van der Waals surface area contributed by atoms with E-state index in [0.717, 1.165) is 30.4 Å². The van der Waals surface area contributed by atoms with E-state index in [1.807, 2.05) is 27.7 Å². The topological polar surface area (TPSA) is 24.1 Å². The molecule has 170 valence electrons. The van der Waals surface area contributed by atoms with Crippen molar-refractivity contribution in [3.05, 3.63) is 77.8 Å². The number of allylic oxidation sites excluding steroid dienone is 5. The number of benzene rings is 1. The van der Waals surface area contributed by atoms with Crippen LogP contribution in [0.2, 0.25) is 0 Å². The van der Waals surface area contributed by atoms with Crippen molar-refractivity contribution in [2.24, 2.45) is 5.92 Å². The van der Waals surface area contributed by atoms with Crippen molar-refractivity contribution in [1.29, 1.82) is 0 Å². The fourth-order valence-corrected chi connectivity index (χ4v) is 2.86. The maximum absolute atomic E-state index is 13.0. The summed E-state index contributed by atoms with van der Waals surface area (Å²) in [5.74, 6) is -0.454. The van der Waals surface area contributed by atoms with Crippen molar-refractivity contribution in [2.75, 3.05) is 11.9 Å². The van der Waals surface area contributed by atoms with E-state index in [1.165, 1.54) is 12.1 Å².